The van der Waals surface area contributed by atoms with Crippen LogP contribution >= 0.6 is 0 Å². The standard InChI is InChI=1S/C54H80N2O12Si/c1-15-45-43(29-36(7)57)28-34(5)25-26-47(60)54(12,62-27-21-22-41-30-42-23-19-20-24-44(42)55-33-41)32-35(6)50(37(8)46(31-48(61)66-45)68-69(16-2,17-3)18-4)67-53-52(65-40(11)59)49(56(13)14)51(38(9)63-53)64-39(10)58/h19-21,23-28,30,33,35,37-38,43,45-46,49-53H,15-18,22,29,31-32H2,1-14H3/b26-25+,27-21+,34-28+/t35-,37-,38?,43?,45?,46+,49?,50-,51?,52?,53?,54-/m0/s1. The second kappa shape index (κ2) is 26.1. The summed E-state index contributed by atoms with van der Waals surface area (Å²) in [7, 11) is 1.16. The van der Waals surface area contributed by atoms with E-state index in [2.05, 4.69) is 31.8 Å². The minimum atomic E-state index is -2.45. The van der Waals surface area contributed by atoms with E-state index < -0.39 is 98.5 Å². The highest BCUT2D eigenvalue weighted by molar-refractivity contribution is 6.73. The SMILES string of the molecule is CCC1OC(=O)C[C@@H](O[Si](CC)(CC)CC)[C@H](C)[C@@H](OC2OC(C)C(OC(C)=O)C(N(C)C)C2OC(C)=O)[C@@H](C)C[C@](C)(O/C=C/Cc2cnc3ccccc3c2)C(=O)/C=C/C(C)=C/C1CC(C)=O. The first-order valence-electron chi connectivity index (χ1n) is 24.8. The number of ether oxygens (including phenoxy) is 6. The molecule has 2 aliphatic heterocycles. The number of ketones is 2. The molecule has 0 amide bonds. The fourth-order valence-corrected chi connectivity index (χ4v) is 12.9. The number of rotatable bonds is 17. The molecule has 2 aliphatic rings. The van der Waals surface area contributed by atoms with Gasteiger partial charge in [0.05, 0.1) is 42.6 Å². The summed E-state index contributed by atoms with van der Waals surface area (Å²) in [5, 5.41) is 1.01. The predicted molar refractivity (Wildman–Crippen MR) is 268 cm³/mol. The number of benzene rings is 1. The van der Waals surface area contributed by atoms with Crippen LogP contribution in [0.5, 0.6) is 0 Å². The van der Waals surface area contributed by atoms with Gasteiger partial charge >= 0.3 is 17.9 Å². The minimum Gasteiger partial charge on any atom is -0.487 e. The first-order valence-corrected chi connectivity index (χ1v) is 27.4. The van der Waals surface area contributed by atoms with Gasteiger partial charge in [-0.25, -0.2) is 0 Å². The summed E-state index contributed by atoms with van der Waals surface area (Å²) in [4.78, 5) is 73.6. The lowest BCUT2D eigenvalue weighted by Crippen LogP contribution is -2.65. The van der Waals surface area contributed by atoms with Crippen molar-refractivity contribution in [3.63, 3.8) is 0 Å². The fraction of sp³-hybridized carbons (Fsp3) is 0.630. The Hall–Kier alpha value is -4.54. The van der Waals surface area contributed by atoms with Crippen molar-refractivity contribution < 1.29 is 56.8 Å². The monoisotopic (exact) mass is 977 g/mol. The smallest absolute Gasteiger partial charge is 0.308 e. The van der Waals surface area contributed by atoms with E-state index in [0.29, 0.717) is 18.4 Å². The molecule has 1 fully saturated rings. The first-order chi connectivity index (χ1) is 32.6. The molecule has 1 saturated heterocycles. The zero-order chi connectivity index (χ0) is 51.2. The second-order valence-corrected chi connectivity index (χ2v) is 24.4. The van der Waals surface area contributed by atoms with Gasteiger partial charge in [0.1, 0.15) is 18.0 Å². The van der Waals surface area contributed by atoms with E-state index in [1.54, 1.807) is 40.3 Å². The van der Waals surface area contributed by atoms with Crippen LogP contribution in [0.2, 0.25) is 18.1 Å². The summed E-state index contributed by atoms with van der Waals surface area (Å²) in [6.07, 6.45) is 5.48. The van der Waals surface area contributed by atoms with Crippen LogP contribution in [0.15, 0.2) is 72.7 Å². The Morgan fingerprint density at radius 2 is 1.58 bits per heavy atom. The van der Waals surface area contributed by atoms with E-state index in [4.69, 9.17) is 32.8 Å². The van der Waals surface area contributed by atoms with E-state index in [1.165, 1.54) is 26.8 Å². The molecule has 0 aliphatic carbocycles. The Morgan fingerprint density at radius 3 is 2.19 bits per heavy atom. The number of nitrogens with zero attached hydrogens (tertiary/aromatic N) is 2. The van der Waals surface area contributed by atoms with Gasteiger partial charge in [-0.1, -0.05) is 77.5 Å². The molecule has 0 N–H and O–H groups in total. The Kier molecular flexibility index (Phi) is 21.5. The van der Waals surface area contributed by atoms with Crippen LogP contribution in [0.4, 0.5) is 0 Å². The topological polar surface area (TPSA) is 166 Å². The van der Waals surface area contributed by atoms with E-state index >= 15 is 0 Å². The van der Waals surface area contributed by atoms with Crippen LogP contribution in [0, 0.1) is 17.8 Å². The molecule has 0 radical (unpaired) electrons. The van der Waals surface area contributed by atoms with Gasteiger partial charge in [0.2, 0.25) is 0 Å². The summed E-state index contributed by atoms with van der Waals surface area (Å²) in [5.41, 5.74) is 1.12. The Balaban J connectivity index is 1.91. The molecule has 382 valence electrons. The summed E-state index contributed by atoms with van der Waals surface area (Å²) < 4.78 is 45.7. The summed E-state index contributed by atoms with van der Waals surface area (Å²) in [6, 6.07) is 11.7. The number of aromatic nitrogens is 1. The molecule has 1 aromatic carbocycles. The molecular weight excluding hydrogens is 897 g/mol. The van der Waals surface area contributed by atoms with Crippen molar-refractivity contribution in [3.8, 4) is 0 Å². The van der Waals surface area contributed by atoms with Crippen LogP contribution in [0.1, 0.15) is 114 Å². The third-order valence-electron chi connectivity index (χ3n) is 13.9. The van der Waals surface area contributed by atoms with Crippen molar-refractivity contribution in [3.05, 3.63) is 78.2 Å². The van der Waals surface area contributed by atoms with Gasteiger partial charge in [0.25, 0.3) is 0 Å². The molecule has 0 saturated carbocycles. The zero-order valence-electron chi connectivity index (χ0n) is 43.7. The van der Waals surface area contributed by atoms with Crippen molar-refractivity contribution >= 4 is 48.7 Å². The summed E-state index contributed by atoms with van der Waals surface area (Å²) in [5.74, 6) is -3.45. The number of hydrogen-bond donors (Lipinski definition) is 0. The van der Waals surface area contributed by atoms with Gasteiger partial charge < -0.3 is 37.6 Å². The number of pyridine rings is 1. The Labute approximate surface area is 412 Å². The number of Topliss-reactive ketones (excluding diaryl/α,β-unsaturated/α-hetero) is 1. The maximum atomic E-state index is 14.8. The van der Waals surface area contributed by atoms with Crippen LogP contribution < -0.4 is 0 Å². The largest absolute Gasteiger partial charge is 0.487 e. The predicted octanol–water partition coefficient (Wildman–Crippen LogP) is 9.44. The van der Waals surface area contributed by atoms with Crippen molar-refractivity contribution in [2.24, 2.45) is 17.8 Å². The van der Waals surface area contributed by atoms with Crippen molar-refractivity contribution in [1.29, 1.82) is 0 Å². The highest BCUT2D eigenvalue weighted by Gasteiger charge is 2.52. The van der Waals surface area contributed by atoms with Crippen LogP contribution in [0.25, 0.3) is 10.9 Å². The van der Waals surface area contributed by atoms with E-state index in [9.17, 15) is 24.0 Å². The number of cyclic esters (lactones) is 1. The molecular formula is C54H80N2O12Si. The van der Waals surface area contributed by atoms with Crippen LogP contribution in [0.3, 0.4) is 0 Å². The van der Waals surface area contributed by atoms with Crippen LogP contribution in [-0.2, 0) is 63.2 Å². The number of allylic oxidation sites excluding steroid dienone is 3. The summed E-state index contributed by atoms with van der Waals surface area (Å²) >= 11 is 0. The molecule has 1 aromatic heterocycles. The highest BCUT2D eigenvalue weighted by atomic mass is 28.4. The van der Waals surface area contributed by atoms with Gasteiger partial charge in [-0.3, -0.25) is 29.1 Å². The van der Waals surface area contributed by atoms with Gasteiger partial charge in [0.15, 0.2) is 32.1 Å². The summed E-state index contributed by atoms with van der Waals surface area (Å²) in [6.45, 7) is 21.7. The molecule has 7 unspecified atom stereocenters. The third-order valence-corrected chi connectivity index (χ3v) is 18.6. The van der Waals surface area contributed by atoms with Crippen molar-refractivity contribution in [2.45, 2.75) is 188 Å². The molecule has 14 nitrogen and oxygen atoms in total. The molecule has 0 spiro atoms. The van der Waals surface area contributed by atoms with Crippen molar-refractivity contribution in [2.75, 3.05) is 14.1 Å². The molecule has 69 heavy (non-hydrogen) atoms. The minimum absolute atomic E-state index is 0.0596. The number of esters is 3. The normalized spacial score (nSPS) is 31.2. The van der Waals surface area contributed by atoms with Gasteiger partial charge in [-0.05, 0) is 115 Å². The molecule has 4 rings (SSSR count). The number of fused-ring (bicyclic) bond motifs is 1. The molecule has 3 heterocycles. The van der Waals surface area contributed by atoms with E-state index in [1.807, 2.05) is 75.2 Å². The van der Waals surface area contributed by atoms with Gasteiger partial charge in [0, 0.05) is 43.7 Å². The van der Waals surface area contributed by atoms with E-state index in [0.717, 1.165) is 34.6 Å². The average Bonchev–Trinajstić information content (AvgIpc) is 3.29. The van der Waals surface area contributed by atoms with Crippen molar-refractivity contribution in [1.82, 2.24) is 9.88 Å². The molecule has 2 aromatic rings. The molecule has 0 bridgehead atoms. The lowest BCUT2D eigenvalue weighted by molar-refractivity contribution is -0.307. The Bertz CT molecular complexity index is 2140. The number of carbonyl (C=O) groups excluding carboxylic acids is 5. The first kappa shape index (κ1) is 57.0. The third kappa shape index (κ3) is 15.7. The van der Waals surface area contributed by atoms with E-state index in [-0.39, 0.29) is 30.8 Å². The fourth-order valence-electron chi connectivity index (χ4n) is 9.97. The number of hydrogen-bond acceptors (Lipinski definition) is 14. The van der Waals surface area contributed by atoms with Gasteiger partial charge in [-0.15, -0.1) is 0 Å². The number of carbonyl (C=O) groups is 5. The van der Waals surface area contributed by atoms with Gasteiger partial charge in [-0.2, -0.15) is 0 Å². The molecule has 15 heteroatoms. The maximum Gasteiger partial charge on any atom is 0.308 e. The Morgan fingerprint density at radius 1 is 0.928 bits per heavy atom. The zero-order valence-corrected chi connectivity index (χ0v) is 44.7. The number of likely N-dealkylation sites (N-methyl/N-ethyl adjacent to an activating group) is 1. The highest BCUT2D eigenvalue weighted by Crippen LogP contribution is 2.39. The average molecular weight is 977 g/mol. The molecule has 12 atom stereocenters. The lowest BCUT2D eigenvalue weighted by Gasteiger charge is -2.49. The quantitative estimate of drug-likeness (QED) is 0.0637. The van der Waals surface area contributed by atoms with Crippen LogP contribution in [-0.4, -0.2) is 116 Å². The second-order valence-electron chi connectivity index (χ2n) is 19.6. The number of para-hydroxylation sites is 1. The lowest BCUT2D eigenvalue weighted by atomic mass is 9.80. The maximum absolute atomic E-state index is 14.8.